The second-order valence-electron chi connectivity index (χ2n) is 7.42. The van der Waals surface area contributed by atoms with E-state index < -0.39 is 24.0 Å². The number of carboxylic acid groups (broad SMARTS) is 1. The molecule has 1 fully saturated rings. The molecule has 34 heavy (non-hydrogen) atoms. The largest absolute Gasteiger partial charge is 0.508 e. The van der Waals surface area contributed by atoms with Gasteiger partial charge in [-0.3, -0.25) is 4.79 Å². The summed E-state index contributed by atoms with van der Waals surface area (Å²) >= 11 is 5.94. The lowest BCUT2D eigenvalue weighted by Gasteiger charge is -2.23. The maximum Gasteiger partial charge on any atom is 0.508 e. The first-order valence-electron chi connectivity index (χ1n) is 10.2. The van der Waals surface area contributed by atoms with E-state index in [9.17, 15) is 4.79 Å². The van der Waals surface area contributed by atoms with Crippen molar-refractivity contribution < 1.29 is 28.9 Å². The predicted octanol–water partition coefficient (Wildman–Crippen LogP) is 3.79. The van der Waals surface area contributed by atoms with Crippen molar-refractivity contribution in [2.24, 2.45) is 0 Å². The van der Waals surface area contributed by atoms with Gasteiger partial charge in [0.05, 0.1) is 5.39 Å². The third-order valence-electron chi connectivity index (χ3n) is 4.93. The van der Waals surface area contributed by atoms with E-state index >= 15 is 0 Å². The summed E-state index contributed by atoms with van der Waals surface area (Å²) < 4.78 is 18.2. The lowest BCUT2D eigenvalue weighted by Crippen LogP contribution is -2.34. The molecule has 0 unspecified atom stereocenters. The van der Waals surface area contributed by atoms with Crippen molar-refractivity contribution >= 4 is 40.6 Å². The van der Waals surface area contributed by atoms with E-state index in [0.29, 0.717) is 23.9 Å². The number of carbonyl (C=O) groups excluding carboxylic acids is 1. The van der Waals surface area contributed by atoms with Gasteiger partial charge in [0.1, 0.15) is 30.9 Å². The zero-order chi connectivity index (χ0) is 24.7. The molecule has 1 saturated heterocycles. The van der Waals surface area contributed by atoms with E-state index in [4.69, 9.17) is 47.9 Å². The second kappa shape index (κ2) is 10.9. The van der Waals surface area contributed by atoms with E-state index in [0.717, 1.165) is 12.5 Å². The molecule has 1 aliphatic heterocycles. The Labute approximate surface area is 200 Å². The zero-order valence-electron chi connectivity index (χ0n) is 18.3. The van der Waals surface area contributed by atoms with Crippen molar-refractivity contribution in [1.29, 1.82) is 0 Å². The molecule has 1 aliphatic rings. The van der Waals surface area contributed by atoms with Gasteiger partial charge in [0.15, 0.2) is 5.60 Å². The summed E-state index contributed by atoms with van der Waals surface area (Å²) in [5.41, 5.74) is 6.25. The Hall–Kier alpha value is -3.81. The van der Waals surface area contributed by atoms with Crippen molar-refractivity contribution in [3.05, 3.63) is 53.4 Å². The minimum Gasteiger partial charge on any atom is -0.481 e. The zero-order valence-corrected chi connectivity index (χ0v) is 19.1. The summed E-state index contributed by atoms with van der Waals surface area (Å²) in [6, 6.07) is 11.1. The number of fused-ring (bicyclic) bond motifs is 1. The number of benzene rings is 1. The minimum atomic E-state index is -1.06. The first kappa shape index (κ1) is 24.8. The van der Waals surface area contributed by atoms with Gasteiger partial charge in [-0.1, -0.05) is 36.3 Å². The van der Waals surface area contributed by atoms with Crippen LogP contribution < -0.4 is 5.73 Å². The van der Waals surface area contributed by atoms with Gasteiger partial charge < -0.3 is 29.6 Å². The monoisotopic (exact) mass is 486 g/mol. The highest BCUT2D eigenvalue weighted by molar-refractivity contribution is 6.28. The van der Waals surface area contributed by atoms with Gasteiger partial charge in [0.2, 0.25) is 5.28 Å². The van der Waals surface area contributed by atoms with Crippen LogP contribution in [0, 0.1) is 12.3 Å². The van der Waals surface area contributed by atoms with Crippen LogP contribution in [0.4, 0.5) is 10.6 Å². The summed E-state index contributed by atoms with van der Waals surface area (Å²) in [6.45, 7) is 1.08. The van der Waals surface area contributed by atoms with Gasteiger partial charge in [0.25, 0.3) is 5.97 Å². The molecule has 1 aromatic carbocycles. The Morgan fingerprint density at radius 2 is 2.03 bits per heavy atom. The van der Waals surface area contributed by atoms with Crippen LogP contribution in [0.2, 0.25) is 5.28 Å². The highest BCUT2D eigenvalue weighted by Crippen LogP contribution is 2.38. The molecule has 0 saturated carbocycles. The van der Waals surface area contributed by atoms with Crippen molar-refractivity contribution in [3.8, 4) is 12.3 Å². The Balaban J connectivity index is 0.000000751. The number of hydrogen-bond donors (Lipinski definition) is 2. The number of anilines is 1. The van der Waals surface area contributed by atoms with Crippen LogP contribution in [0.25, 0.3) is 11.0 Å². The molecule has 4 rings (SSSR count). The van der Waals surface area contributed by atoms with E-state index in [1.807, 2.05) is 30.3 Å². The second-order valence-corrected chi connectivity index (χ2v) is 7.76. The molecule has 0 bridgehead atoms. The molecule has 0 radical (unpaired) electrons. The number of carboxylic acids is 1. The van der Waals surface area contributed by atoms with Crippen LogP contribution in [-0.4, -0.2) is 44.0 Å². The molecule has 11 heteroatoms. The van der Waals surface area contributed by atoms with E-state index in [2.05, 4.69) is 15.9 Å². The average Bonchev–Trinajstić information content (AvgIpc) is 3.41. The third kappa shape index (κ3) is 6.15. The number of nitrogens with two attached hydrogens (primary N) is 1. The van der Waals surface area contributed by atoms with Crippen LogP contribution in [0.5, 0.6) is 0 Å². The number of ether oxygens (including phenoxy) is 3. The van der Waals surface area contributed by atoms with Crippen molar-refractivity contribution in [2.45, 2.75) is 38.2 Å². The molecule has 2 atom stereocenters. The maximum absolute atomic E-state index is 12.0. The number of nitrogens with zero attached hydrogens (tertiary/aromatic N) is 3. The Bertz CT molecular complexity index is 1210. The number of halogens is 1. The number of hydrogen-bond acceptors (Lipinski definition) is 8. The normalized spacial score (nSPS) is 19.0. The van der Waals surface area contributed by atoms with E-state index in [1.54, 1.807) is 16.8 Å². The molecule has 3 N–H and O–H groups in total. The van der Waals surface area contributed by atoms with Crippen molar-refractivity contribution in [3.63, 3.8) is 0 Å². The van der Waals surface area contributed by atoms with Gasteiger partial charge in [-0.05, 0) is 36.1 Å². The summed E-state index contributed by atoms with van der Waals surface area (Å²) in [7, 11) is 0. The highest BCUT2D eigenvalue weighted by atomic mass is 35.5. The van der Waals surface area contributed by atoms with Crippen LogP contribution in [0.15, 0.2) is 42.6 Å². The number of aliphatic carboxylic acids is 1. The SMILES string of the molecule is C#C[C@@]1(COC(=O)OCc2ccccc2)CC[C@H](n2ccc3c(N)nc(Cl)nc32)O1.CC(=O)O. The van der Waals surface area contributed by atoms with E-state index in [1.165, 1.54) is 0 Å². The molecular weight excluding hydrogens is 464 g/mol. The Morgan fingerprint density at radius 1 is 1.32 bits per heavy atom. The van der Waals surface area contributed by atoms with Gasteiger partial charge in [-0.2, -0.15) is 4.98 Å². The van der Waals surface area contributed by atoms with Crippen molar-refractivity contribution in [2.75, 3.05) is 12.3 Å². The smallest absolute Gasteiger partial charge is 0.481 e. The number of rotatable bonds is 5. The van der Waals surface area contributed by atoms with Crippen LogP contribution in [-0.2, 0) is 25.6 Å². The molecule has 10 nitrogen and oxygen atoms in total. The molecule has 3 heterocycles. The third-order valence-corrected chi connectivity index (χ3v) is 5.10. The standard InChI is InChI=1S/C21H19ClN4O4.C2H4O2/c1-2-21(13-29-20(27)28-12-14-6-4-3-5-7-14)10-8-16(30-21)26-11-9-15-17(23)24-19(22)25-18(15)26;1-2(3)4/h1,3-7,9,11,16H,8,10,12-13H2,(H2,23,24,25);1H3,(H,3,4)/t16-,21+;/m1./s1. The Kier molecular flexibility index (Phi) is 7.94. The summed E-state index contributed by atoms with van der Waals surface area (Å²) in [4.78, 5) is 29.2. The molecule has 3 aromatic rings. The van der Waals surface area contributed by atoms with Gasteiger partial charge in [-0.15, -0.1) is 6.42 Å². The number of aromatic nitrogens is 3. The van der Waals surface area contributed by atoms with Crippen molar-refractivity contribution in [1.82, 2.24) is 14.5 Å². The van der Waals surface area contributed by atoms with Crippen LogP contribution in [0.3, 0.4) is 0 Å². The highest BCUT2D eigenvalue weighted by Gasteiger charge is 2.41. The fourth-order valence-electron chi connectivity index (χ4n) is 3.38. The summed E-state index contributed by atoms with van der Waals surface area (Å²) in [5.74, 6) is 2.07. The quantitative estimate of drug-likeness (QED) is 0.313. The molecule has 2 aromatic heterocycles. The fourth-order valence-corrected chi connectivity index (χ4v) is 3.55. The summed E-state index contributed by atoms with van der Waals surface area (Å²) in [5, 5.41) is 8.13. The van der Waals surface area contributed by atoms with Crippen LogP contribution in [0.1, 0.15) is 31.6 Å². The van der Waals surface area contributed by atoms with Crippen LogP contribution >= 0.6 is 11.6 Å². The average molecular weight is 487 g/mol. The Morgan fingerprint density at radius 3 is 2.71 bits per heavy atom. The maximum atomic E-state index is 12.0. The molecule has 0 amide bonds. The predicted molar refractivity (Wildman–Crippen MR) is 124 cm³/mol. The lowest BCUT2D eigenvalue weighted by molar-refractivity contribution is -0.134. The number of carbonyl (C=O) groups is 2. The van der Waals surface area contributed by atoms with Gasteiger partial charge >= 0.3 is 6.16 Å². The molecule has 0 spiro atoms. The van der Waals surface area contributed by atoms with E-state index in [-0.39, 0.29) is 24.3 Å². The minimum absolute atomic E-state index is 0.0469. The molecular formula is C23H23ClN4O6. The van der Waals surface area contributed by atoms with Gasteiger partial charge in [0, 0.05) is 13.1 Å². The fraction of sp³-hybridized carbons (Fsp3) is 0.304. The van der Waals surface area contributed by atoms with Gasteiger partial charge in [-0.25, -0.2) is 9.78 Å². The first-order chi connectivity index (χ1) is 16.2. The topological polar surface area (TPSA) is 139 Å². The number of terminal acetylenes is 1. The first-order valence-corrected chi connectivity index (χ1v) is 10.6. The summed E-state index contributed by atoms with van der Waals surface area (Å²) in [6.07, 6.45) is 7.38. The number of nitrogen functional groups attached to an aromatic ring is 1. The lowest BCUT2D eigenvalue weighted by atomic mass is 10.0. The molecule has 0 aliphatic carbocycles. The molecule has 178 valence electrons.